The highest BCUT2D eigenvalue weighted by atomic mass is 16.6. The van der Waals surface area contributed by atoms with E-state index in [1.54, 1.807) is 18.7 Å². The lowest BCUT2D eigenvalue weighted by Gasteiger charge is -2.21. The van der Waals surface area contributed by atoms with Crippen LogP contribution in [0.25, 0.3) is 0 Å². The molecule has 0 fully saturated rings. The Bertz CT molecular complexity index is 385. The van der Waals surface area contributed by atoms with Gasteiger partial charge in [0.05, 0.1) is 29.0 Å². The lowest BCUT2D eigenvalue weighted by Crippen LogP contribution is -2.25. The Balaban J connectivity index is 2.71. The van der Waals surface area contributed by atoms with Gasteiger partial charge in [0.2, 0.25) is 0 Å². The second-order valence-electron chi connectivity index (χ2n) is 4.34. The Morgan fingerprint density at radius 1 is 1.62 bits per heavy atom. The van der Waals surface area contributed by atoms with Crippen molar-refractivity contribution in [3.8, 4) is 0 Å². The topological polar surface area (TPSA) is 70.2 Å². The van der Waals surface area contributed by atoms with Gasteiger partial charge in [0.1, 0.15) is 0 Å². The summed E-state index contributed by atoms with van der Waals surface area (Å²) in [4.78, 5) is 10.0. The Hall–Kier alpha value is -1.43. The fraction of sp³-hybridized carbons (Fsp3) is 0.700. The van der Waals surface area contributed by atoms with Gasteiger partial charge in [0.15, 0.2) is 0 Å². The van der Waals surface area contributed by atoms with E-state index in [1.807, 2.05) is 13.8 Å². The minimum Gasteiger partial charge on any atom is -0.379 e. The number of hydrogen-bond acceptors (Lipinski definition) is 4. The molecule has 0 aromatic carbocycles. The van der Waals surface area contributed by atoms with Crippen molar-refractivity contribution in [1.82, 2.24) is 9.78 Å². The molecule has 90 valence electrons. The minimum absolute atomic E-state index is 0.104. The average Bonchev–Trinajstić information content (AvgIpc) is 2.57. The third-order valence-corrected chi connectivity index (χ3v) is 2.63. The van der Waals surface area contributed by atoms with E-state index in [1.165, 1.54) is 6.07 Å². The van der Waals surface area contributed by atoms with E-state index in [4.69, 9.17) is 4.74 Å². The molecular formula is C10H17N3O3. The number of rotatable bonds is 5. The summed E-state index contributed by atoms with van der Waals surface area (Å²) in [5.74, 6) is -0.104. The second kappa shape index (κ2) is 4.61. The molecule has 16 heavy (non-hydrogen) atoms. The summed E-state index contributed by atoms with van der Waals surface area (Å²) in [6, 6.07) is 1.47. The van der Waals surface area contributed by atoms with Crippen molar-refractivity contribution in [2.75, 3.05) is 7.11 Å². The van der Waals surface area contributed by atoms with E-state index in [9.17, 15) is 10.1 Å². The van der Waals surface area contributed by atoms with Crippen LogP contribution in [0.3, 0.4) is 0 Å². The molecule has 0 aliphatic carbocycles. The normalized spacial score (nSPS) is 11.8. The van der Waals surface area contributed by atoms with E-state index in [0.717, 1.165) is 12.1 Å². The van der Waals surface area contributed by atoms with E-state index in [2.05, 4.69) is 5.10 Å². The molecule has 0 aliphatic heterocycles. The predicted molar refractivity (Wildman–Crippen MR) is 59.3 cm³/mol. The largest absolute Gasteiger partial charge is 0.390 e. The van der Waals surface area contributed by atoms with Crippen LogP contribution in [-0.2, 0) is 11.3 Å². The number of nitro groups is 1. The first kappa shape index (κ1) is 12.6. The highest BCUT2D eigenvalue weighted by Gasteiger charge is 2.20. The lowest BCUT2D eigenvalue weighted by atomic mass is 10.1. The van der Waals surface area contributed by atoms with Gasteiger partial charge in [-0.2, -0.15) is 4.68 Å². The van der Waals surface area contributed by atoms with Gasteiger partial charge in [0, 0.05) is 7.11 Å². The van der Waals surface area contributed by atoms with Crippen molar-refractivity contribution >= 4 is 5.82 Å². The molecule has 6 heteroatoms. The number of hydrogen-bond donors (Lipinski definition) is 0. The summed E-state index contributed by atoms with van der Waals surface area (Å²) in [6.45, 7) is 6.36. The Labute approximate surface area is 94.4 Å². The van der Waals surface area contributed by atoms with Gasteiger partial charge in [-0.1, -0.05) is 0 Å². The third-order valence-electron chi connectivity index (χ3n) is 2.63. The van der Waals surface area contributed by atoms with Crippen LogP contribution in [0.4, 0.5) is 5.82 Å². The molecule has 1 rings (SSSR count). The minimum atomic E-state index is -0.481. The van der Waals surface area contributed by atoms with E-state index in [0.29, 0.717) is 6.54 Å². The number of aryl methyl sites for hydroxylation is 2. The van der Waals surface area contributed by atoms with Crippen molar-refractivity contribution in [1.29, 1.82) is 0 Å². The molecule has 0 spiro atoms. The zero-order valence-electron chi connectivity index (χ0n) is 10.1. The zero-order chi connectivity index (χ0) is 12.3. The number of aromatic nitrogens is 2. The molecule has 0 unspecified atom stereocenters. The van der Waals surface area contributed by atoms with Gasteiger partial charge in [-0.3, -0.25) is 0 Å². The lowest BCUT2D eigenvalue weighted by molar-refractivity contribution is -0.389. The van der Waals surface area contributed by atoms with E-state index >= 15 is 0 Å². The molecule has 0 amide bonds. The highest BCUT2D eigenvalue weighted by Crippen LogP contribution is 2.16. The number of methoxy groups -OCH3 is 1. The molecule has 1 aromatic rings. The molecule has 0 N–H and O–H groups in total. The van der Waals surface area contributed by atoms with Gasteiger partial charge in [-0.15, -0.1) is 0 Å². The summed E-state index contributed by atoms with van der Waals surface area (Å²) >= 11 is 0. The van der Waals surface area contributed by atoms with Gasteiger partial charge in [0.25, 0.3) is 0 Å². The van der Waals surface area contributed by atoms with Gasteiger partial charge in [-0.05, 0) is 32.1 Å². The first-order valence-corrected chi connectivity index (χ1v) is 5.10. The summed E-state index contributed by atoms with van der Waals surface area (Å²) in [5, 5.41) is 14.4. The maximum atomic E-state index is 10.5. The van der Waals surface area contributed by atoms with Crippen LogP contribution in [0.1, 0.15) is 26.0 Å². The maximum Gasteiger partial charge on any atom is 0.390 e. The van der Waals surface area contributed by atoms with Gasteiger partial charge >= 0.3 is 5.82 Å². The summed E-state index contributed by atoms with van der Waals surface area (Å²) in [6.07, 6.45) is 0.753. The number of ether oxygens (including phenoxy) is 1. The molecule has 0 atom stereocenters. The van der Waals surface area contributed by atoms with Crippen LogP contribution in [0.15, 0.2) is 6.07 Å². The highest BCUT2D eigenvalue weighted by molar-refractivity contribution is 5.20. The van der Waals surface area contributed by atoms with Crippen molar-refractivity contribution in [2.45, 2.75) is 39.3 Å². The van der Waals surface area contributed by atoms with Crippen LogP contribution in [0.2, 0.25) is 0 Å². The first-order chi connectivity index (χ1) is 7.35. The van der Waals surface area contributed by atoms with E-state index < -0.39 is 4.92 Å². The fourth-order valence-electron chi connectivity index (χ4n) is 1.29. The smallest absolute Gasteiger partial charge is 0.379 e. The Kier molecular flexibility index (Phi) is 3.64. The summed E-state index contributed by atoms with van der Waals surface area (Å²) < 4.78 is 6.92. The van der Waals surface area contributed by atoms with Crippen LogP contribution >= 0.6 is 0 Å². The molecular weight excluding hydrogens is 210 g/mol. The molecule has 1 heterocycles. The van der Waals surface area contributed by atoms with Crippen LogP contribution < -0.4 is 0 Å². The second-order valence-corrected chi connectivity index (χ2v) is 4.34. The summed E-state index contributed by atoms with van der Waals surface area (Å²) in [7, 11) is 1.65. The first-order valence-electron chi connectivity index (χ1n) is 5.10. The van der Waals surface area contributed by atoms with Crippen LogP contribution in [-0.4, -0.2) is 27.4 Å². The molecule has 0 aliphatic rings. The molecule has 0 saturated heterocycles. The third kappa shape index (κ3) is 3.03. The zero-order valence-corrected chi connectivity index (χ0v) is 10.1. The van der Waals surface area contributed by atoms with Crippen molar-refractivity contribution in [3.63, 3.8) is 0 Å². The fourth-order valence-corrected chi connectivity index (χ4v) is 1.29. The van der Waals surface area contributed by atoms with Crippen LogP contribution in [0.5, 0.6) is 0 Å². The Morgan fingerprint density at radius 2 is 2.25 bits per heavy atom. The van der Waals surface area contributed by atoms with Crippen molar-refractivity contribution < 1.29 is 9.66 Å². The molecule has 0 saturated carbocycles. The maximum absolute atomic E-state index is 10.5. The molecule has 6 nitrogen and oxygen atoms in total. The van der Waals surface area contributed by atoms with Gasteiger partial charge in [-0.25, -0.2) is 0 Å². The molecule has 0 radical (unpaired) electrons. The average molecular weight is 227 g/mol. The standard InChI is InChI=1S/C10H17N3O3/c1-8-7-9(13(14)15)11-12(8)6-5-10(2,3)16-4/h7H,5-6H2,1-4H3. The molecule has 0 bridgehead atoms. The Morgan fingerprint density at radius 3 is 2.69 bits per heavy atom. The van der Waals surface area contributed by atoms with Crippen LogP contribution in [0, 0.1) is 17.0 Å². The monoisotopic (exact) mass is 227 g/mol. The summed E-state index contributed by atoms with van der Waals surface area (Å²) in [5.41, 5.74) is 0.547. The molecule has 1 aromatic heterocycles. The van der Waals surface area contributed by atoms with Crippen molar-refractivity contribution in [3.05, 3.63) is 21.9 Å². The number of nitrogens with zero attached hydrogens (tertiary/aromatic N) is 3. The van der Waals surface area contributed by atoms with Gasteiger partial charge < -0.3 is 14.9 Å². The quantitative estimate of drug-likeness (QED) is 0.569. The SMILES string of the molecule is COC(C)(C)CCn1nc([N+](=O)[O-])cc1C. The van der Waals surface area contributed by atoms with E-state index in [-0.39, 0.29) is 11.4 Å². The predicted octanol–water partition coefficient (Wildman–Crippen LogP) is 1.91. The van der Waals surface area contributed by atoms with Crippen molar-refractivity contribution in [2.24, 2.45) is 0 Å².